The van der Waals surface area contributed by atoms with Crippen LogP contribution in [0, 0.1) is 10.1 Å². The number of rotatable bonds is 3. The van der Waals surface area contributed by atoms with Gasteiger partial charge in [-0.3, -0.25) is 10.1 Å². The van der Waals surface area contributed by atoms with Crippen LogP contribution in [0.1, 0.15) is 10.4 Å². The summed E-state index contributed by atoms with van der Waals surface area (Å²) in [6.07, 6.45) is 0. The molecule has 0 aliphatic rings. The fourth-order valence-corrected chi connectivity index (χ4v) is 1.75. The molecule has 21 heavy (non-hydrogen) atoms. The van der Waals surface area contributed by atoms with Gasteiger partial charge in [0.2, 0.25) is 0 Å². The molecule has 0 spiro atoms. The van der Waals surface area contributed by atoms with Crippen LogP contribution < -0.4 is 11.5 Å². The number of nitrogens with zero attached hydrogens (tertiary/aromatic N) is 2. The molecule has 0 saturated heterocycles. The molecular formula is C13H12N4O4. The number of methoxy groups -OCH3 is 1. The molecule has 1 aromatic heterocycles. The molecule has 108 valence electrons. The number of carbonyl (C=O) groups excluding carboxylic acids is 1. The normalized spacial score (nSPS) is 10.1. The molecular weight excluding hydrogens is 276 g/mol. The van der Waals surface area contributed by atoms with E-state index < -0.39 is 10.9 Å². The van der Waals surface area contributed by atoms with Crippen LogP contribution in [0.3, 0.4) is 0 Å². The van der Waals surface area contributed by atoms with E-state index in [2.05, 4.69) is 9.72 Å². The minimum Gasteiger partial charge on any atom is -0.465 e. The number of non-ortho nitro benzene ring substituents is 1. The molecule has 4 N–H and O–H groups in total. The number of esters is 1. The Morgan fingerprint density at radius 2 is 2.00 bits per heavy atom. The highest BCUT2D eigenvalue weighted by molar-refractivity contribution is 5.92. The Hall–Kier alpha value is -3.16. The monoisotopic (exact) mass is 288 g/mol. The van der Waals surface area contributed by atoms with E-state index in [1.807, 2.05) is 0 Å². The summed E-state index contributed by atoms with van der Waals surface area (Å²) in [4.78, 5) is 26.0. The van der Waals surface area contributed by atoms with Crippen molar-refractivity contribution in [2.45, 2.75) is 0 Å². The molecule has 2 aromatic rings. The summed E-state index contributed by atoms with van der Waals surface area (Å²) in [6.45, 7) is 0. The van der Waals surface area contributed by atoms with Gasteiger partial charge in [0.25, 0.3) is 5.69 Å². The van der Waals surface area contributed by atoms with Gasteiger partial charge in [-0.1, -0.05) is 0 Å². The number of hydrogen-bond acceptors (Lipinski definition) is 7. The number of nitro benzene ring substituents is 1. The summed E-state index contributed by atoms with van der Waals surface area (Å²) in [5.74, 6) is -0.568. The van der Waals surface area contributed by atoms with Crippen molar-refractivity contribution >= 4 is 23.2 Å². The Morgan fingerprint density at radius 3 is 2.57 bits per heavy atom. The van der Waals surface area contributed by atoms with E-state index in [1.54, 1.807) is 6.07 Å². The second kappa shape index (κ2) is 5.45. The molecule has 0 fully saturated rings. The molecule has 0 radical (unpaired) electrons. The van der Waals surface area contributed by atoms with Gasteiger partial charge in [-0.15, -0.1) is 0 Å². The van der Waals surface area contributed by atoms with Crippen LogP contribution in [-0.2, 0) is 4.74 Å². The number of nitrogens with two attached hydrogens (primary N) is 2. The molecule has 0 saturated carbocycles. The Morgan fingerprint density at radius 1 is 1.29 bits per heavy atom. The molecule has 8 nitrogen and oxygen atoms in total. The van der Waals surface area contributed by atoms with Crippen molar-refractivity contribution in [1.82, 2.24) is 4.98 Å². The summed E-state index contributed by atoms with van der Waals surface area (Å²) in [5.41, 5.74) is 12.0. The quantitative estimate of drug-likeness (QED) is 0.497. The highest BCUT2D eigenvalue weighted by Crippen LogP contribution is 2.27. The maximum Gasteiger partial charge on any atom is 0.338 e. The predicted molar refractivity (Wildman–Crippen MR) is 76.5 cm³/mol. The first-order chi connectivity index (χ1) is 9.92. The molecule has 1 heterocycles. The first-order valence-corrected chi connectivity index (χ1v) is 5.82. The van der Waals surface area contributed by atoms with Crippen molar-refractivity contribution < 1.29 is 14.5 Å². The van der Waals surface area contributed by atoms with Crippen LogP contribution in [0.25, 0.3) is 11.3 Å². The molecule has 0 amide bonds. The van der Waals surface area contributed by atoms with E-state index in [4.69, 9.17) is 11.5 Å². The maximum absolute atomic E-state index is 11.6. The van der Waals surface area contributed by atoms with Crippen molar-refractivity contribution in [3.8, 4) is 11.3 Å². The van der Waals surface area contributed by atoms with Crippen molar-refractivity contribution in [3.05, 3.63) is 46.0 Å². The number of anilines is 2. The first-order valence-electron chi connectivity index (χ1n) is 5.82. The topological polar surface area (TPSA) is 134 Å². The number of nitrogen functional groups attached to an aromatic ring is 2. The number of ether oxygens (including phenoxy) is 1. The van der Waals surface area contributed by atoms with E-state index in [1.165, 1.54) is 25.3 Å². The van der Waals surface area contributed by atoms with Gasteiger partial charge >= 0.3 is 5.97 Å². The molecule has 8 heteroatoms. The van der Waals surface area contributed by atoms with Crippen molar-refractivity contribution in [2.24, 2.45) is 0 Å². The number of hydrogen-bond donors (Lipinski definition) is 2. The van der Waals surface area contributed by atoms with Gasteiger partial charge in [-0.05, 0) is 18.2 Å². The number of carbonyl (C=O) groups is 1. The summed E-state index contributed by atoms with van der Waals surface area (Å²) >= 11 is 0. The standard InChI is InChI=1S/C13H12N4O4/c1-21-13(18)8-4-7(5-9(6-8)17(19)20)11-3-2-10(14)12(15)16-11/h2-6H,14H2,1H3,(H2,15,16). The number of benzene rings is 1. The van der Waals surface area contributed by atoms with E-state index in [-0.39, 0.29) is 17.1 Å². The minimum atomic E-state index is -0.677. The third kappa shape index (κ3) is 2.89. The molecule has 0 aliphatic carbocycles. The summed E-state index contributed by atoms with van der Waals surface area (Å²) < 4.78 is 4.58. The number of pyridine rings is 1. The van der Waals surface area contributed by atoms with E-state index in [0.29, 0.717) is 16.9 Å². The van der Waals surface area contributed by atoms with Gasteiger partial charge < -0.3 is 16.2 Å². The zero-order valence-electron chi connectivity index (χ0n) is 11.1. The number of aromatic nitrogens is 1. The van der Waals surface area contributed by atoms with Crippen LogP contribution in [-0.4, -0.2) is 23.0 Å². The van der Waals surface area contributed by atoms with Crippen LogP contribution in [0.2, 0.25) is 0 Å². The third-order valence-electron chi connectivity index (χ3n) is 2.80. The number of nitro groups is 1. The van der Waals surface area contributed by atoms with Crippen molar-refractivity contribution in [1.29, 1.82) is 0 Å². The second-order valence-corrected chi connectivity index (χ2v) is 4.19. The molecule has 2 rings (SSSR count). The Kier molecular flexibility index (Phi) is 3.70. The Labute approximate surface area is 119 Å². The lowest BCUT2D eigenvalue weighted by Crippen LogP contribution is -2.04. The smallest absolute Gasteiger partial charge is 0.338 e. The fourth-order valence-electron chi connectivity index (χ4n) is 1.75. The Balaban J connectivity index is 2.61. The van der Waals surface area contributed by atoms with Gasteiger partial charge in [0, 0.05) is 17.7 Å². The SMILES string of the molecule is COC(=O)c1cc(-c2ccc(N)c(N)n2)cc([N+](=O)[O-])c1. The largest absolute Gasteiger partial charge is 0.465 e. The van der Waals surface area contributed by atoms with E-state index >= 15 is 0 Å². The average Bonchev–Trinajstić information content (AvgIpc) is 2.48. The molecule has 1 aromatic carbocycles. The van der Waals surface area contributed by atoms with Gasteiger partial charge in [0.1, 0.15) is 5.82 Å². The van der Waals surface area contributed by atoms with Crippen LogP contribution in [0.15, 0.2) is 30.3 Å². The van der Waals surface area contributed by atoms with Crippen molar-refractivity contribution in [2.75, 3.05) is 18.6 Å². The molecule has 0 unspecified atom stereocenters. The highest BCUT2D eigenvalue weighted by atomic mass is 16.6. The Bertz CT molecular complexity index is 730. The maximum atomic E-state index is 11.6. The lowest BCUT2D eigenvalue weighted by atomic mass is 10.1. The van der Waals surface area contributed by atoms with Gasteiger partial charge in [-0.25, -0.2) is 9.78 Å². The lowest BCUT2D eigenvalue weighted by molar-refractivity contribution is -0.384. The van der Waals surface area contributed by atoms with Gasteiger partial charge in [-0.2, -0.15) is 0 Å². The van der Waals surface area contributed by atoms with Crippen LogP contribution >= 0.6 is 0 Å². The summed E-state index contributed by atoms with van der Waals surface area (Å²) in [6, 6.07) is 6.97. The minimum absolute atomic E-state index is 0.0545. The third-order valence-corrected chi connectivity index (χ3v) is 2.80. The summed E-state index contributed by atoms with van der Waals surface area (Å²) in [7, 11) is 1.19. The first kappa shape index (κ1) is 14.3. The zero-order chi connectivity index (χ0) is 15.6. The van der Waals surface area contributed by atoms with Crippen molar-refractivity contribution in [3.63, 3.8) is 0 Å². The second-order valence-electron chi connectivity index (χ2n) is 4.19. The lowest BCUT2D eigenvalue weighted by Gasteiger charge is -2.06. The van der Waals surface area contributed by atoms with E-state index in [0.717, 1.165) is 6.07 Å². The fraction of sp³-hybridized carbons (Fsp3) is 0.0769. The molecule has 0 aliphatic heterocycles. The van der Waals surface area contributed by atoms with Crippen LogP contribution in [0.5, 0.6) is 0 Å². The molecule has 0 atom stereocenters. The zero-order valence-corrected chi connectivity index (χ0v) is 11.1. The average molecular weight is 288 g/mol. The highest BCUT2D eigenvalue weighted by Gasteiger charge is 2.16. The van der Waals surface area contributed by atoms with Crippen LogP contribution in [0.4, 0.5) is 17.2 Å². The summed E-state index contributed by atoms with van der Waals surface area (Å²) in [5, 5.41) is 11.0. The molecule has 0 bridgehead atoms. The van der Waals surface area contributed by atoms with Gasteiger partial charge in [0.05, 0.1) is 29.0 Å². The van der Waals surface area contributed by atoms with E-state index in [9.17, 15) is 14.9 Å². The van der Waals surface area contributed by atoms with Gasteiger partial charge in [0.15, 0.2) is 0 Å². The predicted octanol–water partition coefficient (Wildman–Crippen LogP) is 1.61.